The molecular formula is C16H18O2S. The summed E-state index contributed by atoms with van der Waals surface area (Å²) in [4.78, 5) is 0.387. The van der Waals surface area contributed by atoms with Crippen molar-refractivity contribution in [2.45, 2.75) is 30.9 Å². The third-order valence-electron chi connectivity index (χ3n) is 3.17. The molecular weight excluding hydrogens is 256 g/mol. The van der Waals surface area contributed by atoms with E-state index in [0.717, 1.165) is 17.5 Å². The van der Waals surface area contributed by atoms with E-state index in [1.54, 1.807) is 12.1 Å². The van der Waals surface area contributed by atoms with Gasteiger partial charge in [0.05, 0.1) is 10.6 Å². The number of aryl methyl sites for hydroxylation is 2. The van der Waals surface area contributed by atoms with Gasteiger partial charge in [0.25, 0.3) is 0 Å². The Balaban J connectivity index is 2.23. The van der Waals surface area contributed by atoms with Gasteiger partial charge >= 0.3 is 0 Å². The first kappa shape index (κ1) is 13.8. The van der Waals surface area contributed by atoms with Gasteiger partial charge in [0.1, 0.15) is 0 Å². The first-order valence-corrected chi connectivity index (χ1v) is 8.04. The van der Waals surface area contributed by atoms with Crippen molar-refractivity contribution < 1.29 is 8.42 Å². The highest BCUT2D eigenvalue weighted by molar-refractivity contribution is 7.90. The zero-order valence-corrected chi connectivity index (χ0v) is 12.1. The quantitative estimate of drug-likeness (QED) is 0.854. The molecule has 0 aliphatic rings. The Hall–Kier alpha value is -1.61. The number of benzene rings is 2. The molecule has 0 saturated carbocycles. The van der Waals surface area contributed by atoms with Crippen LogP contribution in [-0.4, -0.2) is 8.42 Å². The van der Waals surface area contributed by atoms with Crippen molar-refractivity contribution in [3.8, 4) is 0 Å². The van der Waals surface area contributed by atoms with Crippen LogP contribution in [0.4, 0.5) is 0 Å². The summed E-state index contributed by atoms with van der Waals surface area (Å²) in [6, 6.07) is 14.8. The molecule has 100 valence electrons. The van der Waals surface area contributed by atoms with E-state index >= 15 is 0 Å². The van der Waals surface area contributed by atoms with Gasteiger partial charge in [-0.05, 0) is 36.6 Å². The van der Waals surface area contributed by atoms with Crippen LogP contribution in [0.25, 0.3) is 0 Å². The second-order valence-corrected chi connectivity index (χ2v) is 6.73. The van der Waals surface area contributed by atoms with Gasteiger partial charge in [-0.25, -0.2) is 8.42 Å². The standard InChI is InChI=1S/C16H18O2S/c1-3-14-6-8-15(9-7-14)12-19(17,18)16-10-4-13(2)5-11-16/h4-11H,3,12H2,1-2H3. The summed E-state index contributed by atoms with van der Waals surface area (Å²) in [5.74, 6) is 0.0556. The zero-order valence-electron chi connectivity index (χ0n) is 11.3. The summed E-state index contributed by atoms with van der Waals surface area (Å²) in [5.41, 5.74) is 3.11. The van der Waals surface area contributed by atoms with Gasteiger partial charge in [-0.3, -0.25) is 0 Å². The van der Waals surface area contributed by atoms with Crippen LogP contribution in [0.2, 0.25) is 0 Å². The molecule has 0 aliphatic heterocycles. The van der Waals surface area contributed by atoms with Crippen LogP contribution >= 0.6 is 0 Å². The lowest BCUT2D eigenvalue weighted by Gasteiger charge is -2.06. The second-order valence-electron chi connectivity index (χ2n) is 4.74. The van der Waals surface area contributed by atoms with Crippen LogP contribution in [0.5, 0.6) is 0 Å². The van der Waals surface area contributed by atoms with Gasteiger partial charge in [0.15, 0.2) is 9.84 Å². The highest BCUT2D eigenvalue weighted by atomic mass is 32.2. The van der Waals surface area contributed by atoms with Crippen molar-refractivity contribution in [1.82, 2.24) is 0 Å². The third kappa shape index (κ3) is 3.44. The average Bonchev–Trinajstić information content (AvgIpc) is 2.40. The molecule has 0 unspecified atom stereocenters. The Morgan fingerprint density at radius 3 is 1.89 bits per heavy atom. The summed E-state index contributed by atoms with van der Waals surface area (Å²) in [6.07, 6.45) is 0.963. The van der Waals surface area contributed by atoms with Crippen LogP contribution in [-0.2, 0) is 22.0 Å². The van der Waals surface area contributed by atoms with E-state index in [0.29, 0.717) is 4.90 Å². The van der Waals surface area contributed by atoms with E-state index in [1.165, 1.54) is 5.56 Å². The van der Waals surface area contributed by atoms with Gasteiger partial charge in [-0.15, -0.1) is 0 Å². The fourth-order valence-corrected chi connectivity index (χ4v) is 3.27. The highest BCUT2D eigenvalue weighted by Crippen LogP contribution is 2.17. The van der Waals surface area contributed by atoms with Gasteiger partial charge in [0, 0.05) is 0 Å². The Bertz CT molecular complexity index is 638. The van der Waals surface area contributed by atoms with Crippen molar-refractivity contribution in [3.63, 3.8) is 0 Å². The molecule has 0 amide bonds. The van der Waals surface area contributed by atoms with E-state index in [2.05, 4.69) is 6.92 Å². The van der Waals surface area contributed by atoms with E-state index < -0.39 is 9.84 Å². The smallest absolute Gasteiger partial charge is 0.182 e. The molecule has 0 radical (unpaired) electrons. The maximum absolute atomic E-state index is 12.3. The van der Waals surface area contributed by atoms with Crippen LogP contribution < -0.4 is 0 Å². The first-order valence-electron chi connectivity index (χ1n) is 6.38. The van der Waals surface area contributed by atoms with Gasteiger partial charge < -0.3 is 0 Å². The Labute approximate surface area is 115 Å². The molecule has 19 heavy (non-hydrogen) atoms. The van der Waals surface area contributed by atoms with Crippen molar-refractivity contribution >= 4 is 9.84 Å². The maximum atomic E-state index is 12.3. The minimum Gasteiger partial charge on any atom is -0.223 e. The molecule has 2 aromatic rings. The predicted octanol–water partition coefficient (Wildman–Crippen LogP) is 3.53. The Morgan fingerprint density at radius 2 is 1.37 bits per heavy atom. The van der Waals surface area contributed by atoms with E-state index in [9.17, 15) is 8.42 Å². The molecule has 0 N–H and O–H groups in total. The van der Waals surface area contributed by atoms with Crippen molar-refractivity contribution in [1.29, 1.82) is 0 Å². The van der Waals surface area contributed by atoms with E-state index in [-0.39, 0.29) is 5.75 Å². The lowest BCUT2D eigenvalue weighted by molar-refractivity contribution is 0.595. The third-order valence-corrected chi connectivity index (χ3v) is 4.87. The van der Waals surface area contributed by atoms with Crippen LogP contribution in [0, 0.1) is 6.92 Å². The number of hydrogen-bond donors (Lipinski definition) is 0. The SMILES string of the molecule is CCc1ccc(CS(=O)(=O)c2ccc(C)cc2)cc1. The predicted molar refractivity (Wildman–Crippen MR) is 77.9 cm³/mol. The zero-order chi connectivity index (χ0) is 13.9. The topological polar surface area (TPSA) is 34.1 Å². The lowest BCUT2D eigenvalue weighted by atomic mass is 10.1. The Morgan fingerprint density at radius 1 is 0.842 bits per heavy atom. The fraction of sp³-hybridized carbons (Fsp3) is 0.250. The summed E-state index contributed by atoms with van der Waals surface area (Å²) in [6.45, 7) is 4.03. The largest absolute Gasteiger partial charge is 0.223 e. The minimum atomic E-state index is -3.25. The molecule has 0 atom stereocenters. The van der Waals surface area contributed by atoms with E-state index in [1.807, 2.05) is 43.3 Å². The van der Waals surface area contributed by atoms with Gasteiger partial charge in [-0.2, -0.15) is 0 Å². The number of rotatable bonds is 4. The summed E-state index contributed by atoms with van der Waals surface area (Å²) < 4.78 is 24.5. The van der Waals surface area contributed by atoms with E-state index in [4.69, 9.17) is 0 Å². The van der Waals surface area contributed by atoms with Crippen molar-refractivity contribution in [2.24, 2.45) is 0 Å². The molecule has 0 bridgehead atoms. The summed E-state index contributed by atoms with van der Waals surface area (Å²) in [7, 11) is -3.25. The van der Waals surface area contributed by atoms with Gasteiger partial charge in [0.2, 0.25) is 0 Å². The maximum Gasteiger partial charge on any atom is 0.182 e. The first-order chi connectivity index (χ1) is 9.01. The lowest BCUT2D eigenvalue weighted by Crippen LogP contribution is -2.05. The molecule has 2 nitrogen and oxygen atoms in total. The molecule has 0 aromatic heterocycles. The molecule has 0 fully saturated rings. The molecule has 0 spiro atoms. The van der Waals surface area contributed by atoms with Crippen LogP contribution in [0.15, 0.2) is 53.4 Å². The minimum absolute atomic E-state index is 0.0556. The highest BCUT2D eigenvalue weighted by Gasteiger charge is 2.14. The summed E-state index contributed by atoms with van der Waals surface area (Å²) >= 11 is 0. The number of sulfone groups is 1. The fourth-order valence-electron chi connectivity index (χ4n) is 1.92. The van der Waals surface area contributed by atoms with Crippen LogP contribution in [0.3, 0.4) is 0 Å². The molecule has 2 rings (SSSR count). The second kappa shape index (κ2) is 5.57. The van der Waals surface area contributed by atoms with Gasteiger partial charge in [-0.1, -0.05) is 48.9 Å². The molecule has 3 heteroatoms. The molecule has 0 aliphatic carbocycles. The van der Waals surface area contributed by atoms with Crippen LogP contribution in [0.1, 0.15) is 23.6 Å². The molecule has 2 aromatic carbocycles. The Kier molecular flexibility index (Phi) is 4.05. The molecule has 0 heterocycles. The normalized spacial score (nSPS) is 11.5. The summed E-state index contributed by atoms with van der Waals surface area (Å²) in [5, 5.41) is 0. The molecule has 0 saturated heterocycles. The van der Waals surface area contributed by atoms with Crippen molar-refractivity contribution in [3.05, 3.63) is 65.2 Å². The van der Waals surface area contributed by atoms with Crippen molar-refractivity contribution in [2.75, 3.05) is 0 Å². The average molecular weight is 274 g/mol. The number of hydrogen-bond acceptors (Lipinski definition) is 2. The monoisotopic (exact) mass is 274 g/mol.